The zero-order valence-corrected chi connectivity index (χ0v) is 18.5. The van der Waals surface area contributed by atoms with Crippen molar-refractivity contribution in [3.8, 4) is 11.5 Å². The molecule has 0 amide bonds. The van der Waals surface area contributed by atoms with Crippen LogP contribution in [-0.2, 0) is 14.0 Å². The van der Waals surface area contributed by atoms with Crippen LogP contribution >= 0.6 is 0 Å². The summed E-state index contributed by atoms with van der Waals surface area (Å²) in [7, 11) is 0.123. The highest BCUT2D eigenvalue weighted by atomic mass is 28.3. The molecule has 1 aliphatic rings. The third-order valence-corrected chi connectivity index (χ3v) is 6.71. The lowest BCUT2D eigenvalue weighted by Gasteiger charge is -2.32. The van der Waals surface area contributed by atoms with Gasteiger partial charge in [-0.15, -0.1) is 14.1 Å². The normalized spacial score (nSPS) is 18.8. The van der Waals surface area contributed by atoms with E-state index in [9.17, 15) is 0 Å². The highest BCUT2D eigenvalue weighted by molar-refractivity contribution is 6.76. The molecule has 1 aliphatic heterocycles. The molecule has 0 unspecified atom stereocenters. The summed E-state index contributed by atoms with van der Waals surface area (Å²) in [6.45, 7) is 16.1. The Kier molecular flexibility index (Phi) is 6.49. The van der Waals surface area contributed by atoms with Crippen molar-refractivity contribution in [1.29, 1.82) is 0 Å². The second kappa shape index (κ2) is 7.92. The molecule has 1 fully saturated rings. The SMILES string of the molecule is COc1cc(B2OC(C)(C)C(C)(C)O2)ccc1OCOCC[Si-](C)(C)C. The number of hydrogen-bond donors (Lipinski definition) is 0. The van der Waals surface area contributed by atoms with Gasteiger partial charge in [0, 0.05) is 6.61 Å². The van der Waals surface area contributed by atoms with Crippen molar-refractivity contribution in [2.75, 3.05) is 20.5 Å². The molecule has 0 radical (unpaired) electrons. The second-order valence-electron chi connectivity index (χ2n) is 8.98. The van der Waals surface area contributed by atoms with Crippen LogP contribution in [0.4, 0.5) is 0 Å². The predicted octanol–water partition coefficient (Wildman–Crippen LogP) is 3.69. The van der Waals surface area contributed by atoms with Crippen LogP contribution in [-0.4, -0.2) is 46.9 Å². The third kappa shape index (κ3) is 5.25. The van der Waals surface area contributed by atoms with Crippen molar-refractivity contribution in [2.45, 2.75) is 64.6 Å². The number of rotatable bonds is 8. The predicted molar refractivity (Wildman–Crippen MR) is 108 cm³/mol. The molecule has 1 saturated heterocycles. The van der Waals surface area contributed by atoms with Crippen LogP contribution < -0.4 is 14.9 Å². The van der Waals surface area contributed by atoms with Gasteiger partial charge >= 0.3 is 7.12 Å². The molecule has 0 saturated carbocycles. The highest BCUT2D eigenvalue weighted by Crippen LogP contribution is 2.37. The summed E-state index contributed by atoms with van der Waals surface area (Å²) < 4.78 is 29.0. The van der Waals surface area contributed by atoms with Crippen LogP contribution in [0.15, 0.2) is 18.2 Å². The van der Waals surface area contributed by atoms with E-state index in [2.05, 4.69) is 19.6 Å². The molecule has 7 heteroatoms. The summed E-state index contributed by atoms with van der Waals surface area (Å²) in [4.78, 5) is 0. The maximum atomic E-state index is 6.09. The van der Waals surface area contributed by atoms with Gasteiger partial charge in [0.25, 0.3) is 0 Å². The molecule has 1 heterocycles. The summed E-state index contributed by atoms with van der Waals surface area (Å²) in [5.74, 6) is 1.30. The van der Waals surface area contributed by atoms with Gasteiger partial charge in [-0.25, -0.2) is 0 Å². The number of hydrogen-bond acceptors (Lipinski definition) is 5. The minimum absolute atomic E-state index is 0.219. The molecule has 2 rings (SSSR count). The van der Waals surface area contributed by atoms with Crippen molar-refractivity contribution in [2.24, 2.45) is 0 Å². The molecule has 1 aromatic rings. The summed E-state index contributed by atoms with van der Waals surface area (Å²) in [5, 5.41) is 0. The topological polar surface area (TPSA) is 46.2 Å². The van der Waals surface area contributed by atoms with Gasteiger partial charge in [-0.05, 0) is 45.3 Å². The Hall–Kier alpha value is -1.02. The van der Waals surface area contributed by atoms with E-state index >= 15 is 0 Å². The number of ether oxygens (including phenoxy) is 3. The van der Waals surface area contributed by atoms with Gasteiger partial charge in [0.2, 0.25) is 0 Å². The van der Waals surface area contributed by atoms with Gasteiger partial charge in [-0.2, -0.15) is 19.6 Å². The Morgan fingerprint density at radius 1 is 1.00 bits per heavy atom. The fraction of sp³-hybridized carbons (Fsp3) is 0.684. The van der Waals surface area contributed by atoms with Crippen LogP contribution in [0.25, 0.3) is 0 Å². The number of benzene rings is 1. The zero-order valence-electron chi connectivity index (χ0n) is 17.5. The van der Waals surface area contributed by atoms with Crippen LogP contribution in [0.3, 0.4) is 0 Å². The van der Waals surface area contributed by atoms with Gasteiger partial charge in [0.1, 0.15) is 0 Å². The second-order valence-corrected chi connectivity index (χ2v) is 14.6. The van der Waals surface area contributed by atoms with E-state index in [0.29, 0.717) is 11.5 Å². The molecule has 0 atom stereocenters. The zero-order chi connectivity index (χ0) is 19.6. The van der Waals surface area contributed by atoms with Crippen molar-refractivity contribution in [3.05, 3.63) is 18.2 Å². The Balaban J connectivity index is 1.98. The van der Waals surface area contributed by atoms with E-state index in [0.717, 1.165) is 18.1 Å². The smallest absolute Gasteiger partial charge is 0.493 e. The van der Waals surface area contributed by atoms with Gasteiger partial charge < -0.3 is 23.5 Å². The highest BCUT2D eigenvalue weighted by Gasteiger charge is 2.51. The summed E-state index contributed by atoms with van der Waals surface area (Å²) in [6, 6.07) is 6.84. The molecule has 0 spiro atoms. The molecule has 0 bridgehead atoms. The average molecular weight is 380 g/mol. The van der Waals surface area contributed by atoms with E-state index < -0.39 is 15.2 Å². The minimum Gasteiger partial charge on any atom is -0.493 e. The van der Waals surface area contributed by atoms with Crippen LogP contribution in [0.2, 0.25) is 25.7 Å². The molecule has 5 nitrogen and oxygen atoms in total. The average Bonchev–Trinajstić information content (AvgIpc) is 2.74. The first-order valence-electron chi connectivity index (χ1n) is 9.19. The lowest BCUT2D eigenvalue weighted by atomic mass is 9.79. The van der Waals surface area contributed by atoms with E-state index in [-0.39, 0.29) is 18.0 Å². The van der Waals surface area contributed by atoms with E-state index in [1.165, 1.54) is 0 Å². The van der Waals surface area contributed by atoms with Crippen molar-refractivity contribution < 1.29 is 23.5 Å². The lowest BCUT2D eigenvalue weighted by molar-refractivity contribution is 0.00578. The largest absolute Gasteiger partial charge is 0.494 e. The molecule has 1 aromatic carbocycles. The standard InChI is InChI=1S/C19H33BO5Si/c1-18(2)19(3,4)25-20(24-18)15-9-10-16(17(13-15)21-5)23-14-22-11-12-26(6,7)8/h9-10,13H,11-12,14H2,1-8H3/q-1. The first kappa shape index (κ1) is 21.3. The maximum absolute atomic E-state index is 6.09. The van der Waals surface area contributed by atoms with Gasteiger partial charge in [-0.1, -0.05) is 6.07 Å². The van der Waals surface area contributed by atoms with Gasteiger partial charge in [0.15, 0.2) is 18.3 Å². The Morgan fingerprint density at radius 3 is 2.15 bits per heavy atom. The lowest BCUT2D eigenvalue weighted by Crippen LogP contribution is -2.41. The van der Waals surface area contributed by atoms with Crippen molar-refractivity contribution >= 4 is 20.7 Å². The third-order valence-electron chi connectivity index (χ3n) is 5.01. The molecule has 0 N–H and O–H groups in total. The Labute approximate surface area is 159 Å². The minimum atomic E-state index is -1.08. The fourth-order valence-corrected chi connectivity index (χ4v) is 3.23. The summed E-state index contributed by atoms with van der Waals surface area (Å²) >= 11 is 0. The van der Waals surface area contributed by atoms with E-state index in [4.69, 9.17) is 23.5 Å². The number of methoxy groups -OCH3 is 1. The first-order valence-corrected chi connectivity index (χ1v) is 12.9. The molecule has 0 aliphatic carbocycles. The molecular formula is C19H33BO5Si-. The summed E-state index contributed by atoms with van der Waals surface area (Å²) in [5.41, 5.74) is 0.168. The van der Waals surface area contributed by atoms with Crippen LogP contribution in [0.1, 0.15) is 27.7 Å². The first-order chi connectivity index (χ1) is 12.0. The van der Waals surface area contributed by atoms with Crippen LogP contribution in [0, 0.1) is 0 Å². The molecule has 147 valence electrons. The van der Waals surface area contributed by atoms with E-state index in [1.807, 2.05) is 45.9 Å². The van der Waals surface area contributed by atoms with Crippen molar-refractivity contribution in [1.82, 2.24) is 0 Å². The van der Waals surface area contributed by atoms with Gasteiger partial charge in [-0.3, -0.25) is 0 Å². The molecule has 26 heavy (non-hydrogen) atoms. The van der Waals surface area contributed by atoms with E-state index in [1.54, 1.807) is 7.11 Å². The van der Waals surface area contributed by atoms with Crippen LogP contribution in [0.5, 0.6) is 11.5 Å². The fourth-order valence-electron chi connectivity index (χ4n) is 2.47. The Morgan fingerprint density at radius 2 is 1.62 bits per heavy atom. The Bertz CT molecular complexity index is 596. The maximum Gasteiger partial charge on any atom is 0.494 e. The van der Waals surface area contributed by atoms with Crippen molar-refractivity contribution in [3.63, 3.8) is 0 Å². The van der Waals surface area contributed by atoms with Gasteiger partial charge in [0.05, 0.1) is 18.3 Å². The molecular weight excluding hydrogens is 347 g/mol. The molecule has 0 aromatic heterocycles. The summed E-state index contributed by atoms with van der Waals surface area (Å²) in [6.07, 6.45) is 0. The monoisotopic (exact) mass is 380 g/mol. The quantitative estimate of drug-likeness (QED) is 0.391.